The topological polar surface area (TPSA) is 86.8 Å². The molecule has 0 radical (unpaired) electrons. The summed E-state index contributed by atoms with van der Waals surface area (Å²) in [5.74, 6) is -0.780. The van der Waals surface area contributed by atoms with E-state index in [1.807, 2.05) is 52.0 Å². The number of anilines is 1. The summed E-state index contributed by atoms with van der Waals surface area (Å²) >= 11 is 12.1. The van der Waals surface area contributed by atoms with Gasteiger partial charge in [-0.2, -0.15) is 0 Å². The van der Waals surface area contributed by atoms with Crippen molar-refractivity contribution >= 4 is 50.7 Å². The van der Waals surface area contributed by atoms with Crippen LogP contribution >= 0.6 is 23.2 Å². The molecule has 0 heterocycles. The van der Waals surface area contributed by atoms with Crippen LogP contribution in [0.1, 0.15) is 44.7 Å². The van der Waals surface area contributed by atoms with Gasteiger partial charge in [-0.3, -0.25) is 13.9 Å². The Morgan fingerprint density at radius 3 is 2.26 bits per heavy atom. The SMILES string of the molecule is CC[C@H](C)NC(=O)[C@H](CC)N(Cc1cccc(C)c1)C(=O)CN(c1ccc(Cl)c(Cl)c1)S(C)(=O)=O. The van der Waals surface area contributed by atoms with Crippen LogP contribution in [-0.2, 0) is 26.2 Å². The van der Waals surface area contributed by atoms with Crippen LogP contribution in [0, 0.1) is 6.92 Å². The van der Waals surface area contributed by atoms with Gasteiger partial charge in [-0.15, -0.1) is 0 Å². The van der Waals surface area contributed by atoms with E-state index < -0.39 is 28.5 Å². The molecule has 1 N–H and O–H groups in total. The number of hydrogen-bond donors (Lipinski definition) is 1. The Hall–Kier alpha value is -2.29. The Kier molecular flexibility index (Phi) is 10.4. The number of sulfonamides is 1. The number of nitrogens with zero attached hydrogens (tertiary/aromatic N) is 2. The van der Waals surface area contributed by atoms with Gasteiger partial charge in [0.15, 0.2) is 0 Å². The van der Waals surface area contributed by atoms with E-state index in [4.69, 9.17) is 23.2 Å². The maximum absolute atomic E-state index is 13.7. The second-order valence-corrected chi connectivity index (χ2v) is 11.3. The van der Waals surface area contributed by atoms with Gasteiger partial charge in [-0.05, 0) is 50.5 Å². The van der Waals surface area contributed by atoms with Crippen LogP contribution in [0.15, 0.2) is 42.5 Å². The summed E-state index contributed by atoms with van der Waals surface area (Å²) in [5.41, 5.74) is 2.07. The second-order valence-electron chi connectivity index (χ2n) is 8.62. The number of hydrogen-bond acceptors (Lipinski definition) is 4. The van der Waals surface area contributed by atoms with Crippen molar-refractivity contribution in [1.29, 1.82) is 0 Å². The van der Waals surface area contributed by atoms with E-state index in [0.29, 0.717) is 6.42 Å². The molecule has 2 aromatic carbocycles. The third kappa shape index (κ3) is 8.12. The summed E-state index contributed by atoms with van der Waals surface area (Å²) < 4.78 is 26.3. The molecule has 0 aliphatic carbocycles. The molecule has 2 amide bonds. The van der Waals surface area contributed by atoms with Crippen molar-refractivity contribution < 1.29 is 18.0 Å². The summed E-state index contributed by atoms with van der Waals surface area (Å²) in [5, 5.41) is 3.38. The molecule has 0 aromatic heterocycles. The highest BCUT2D eigenvalue weighted by Crippen LogP contribution is 2.28. The summed E-state index contributed by atoms with van der Waals surface area (Å²) in [6, 6.07) is 11.2. The number of amides is 2. The lowest BCUT2D eigenvalue weighted by Gasteiger charge is -2.33. The number of halogens is 2. The van der Waals surface area contributed by atoms with Gasteiger partial charge in [0.1, 0.15) is 12.6 Å². The summed E-state index contributed by atoms with van der Waals surface area (Å²) in [6.45, 7) is 7.29. The first-order chi connectivity index (χ1) is 16.4. The molecule has 192 valence electrons. The molecule has 0 aliphatic heterocycles. The molecule has 0 bridgehead atoms. The Balaban J connectivity index is 2.46. The minimum atomic E-state index is -3.85. The summed E-state index contributed by atoms with van der Waals surface area (Å²) in [4.78, 5) is 28.2. The first kappa shape index (κ1) is 28.9. The van der Waals surface area contributed by atoms with E-state index in [2.05, 4.69) is 5.32 Å². The van der Waals surface area contributed by atoms with Gasteiger partial charge in [-0.1, -0.05) is 66.9 Å². The van der Waals surface area contributed by atoms with Crippen molar-refractivity contribution in [1.82, 2.24) is 10.2 Å². The first-order valence-corrected chi connectivity index (χ1v) is 14.1. The Morgan fingerprint density at radius 1 is 1.03 bits per heavy atom. The average molecular weight is 543 g/mol. The fourth-order valence-electron chi connectivity index (χ4n) is 3.62. The van der Waals surface area contributed by atoms with Gasteiger partial charge in [0.25, 0.3) is 0 Å². The van der Waals surface area contributed by atoms with Gasteiger partial charge in [0, 0.05) is 12.6 Å². The molecule has 2 rings (SSSR count). The number of rotatable bonds is 11. The van der Waals surface area contributed by atoms with Crippen LogP contribution in [0.25, 0.3) is 0 Å². The Morgan fingerprint density at radius 2 is 1.71 bits per heavy atom. The lowest BCUT2D eigenvalue weighted by Crippen LogP contribution is -2.53. The standard InChI is InChI=1S/C25H33Cl2N3O4S/c1-6-18(4)28-25(32)23(7-2)29(15-19-10-8-9-17(3)13-19)24(31)16-30(35(5,33)34)20-11-12-21(26)22(27)14-20/h8-14,18,23H,6-7,15-16H2,1-5H3,(H,28,32)/t18-,23-/m0/s1. The highest BCUT2D eigenvalue weighted by molar-refractivity contribution is 7.92. The number of benzene rings is 2. The average Bonchev–Trinajstić information content (AvgIpc) is 2.78. The molecule has 0 saturated carbocycles. The minimum Gasteiger partial charge on any atom is -0.352 e. The molecule has 0 unspecified atom stereocenters. The second kappa shape index (κ2) is 12.6. The predicted octanol–water partition coefficient (Wildman–Crippen LogP) is 4.79. The van der Waals surface area contributed by atoms with Gasteiger partial charge < -0.3 is 10.2 Å². The molecule has 0 saturated heterocycles. The monoisotopic (exact) mass is 541 g/mol. The summed E-state index contributed by atoms with van der Waals surface area (Å²) in [7, 11) is -3.85. The molecule has 2 aromatic rings. The van der Waals surface area contributed by atoms with Crippen LogP contribution in [0.4, 0.5) is 5.69 Å². The van der Waals surface area contributed by atoms with Crippen LogP contribution in [-0.4, -0.2) is 50.0 Å². The van der Waals surface area contributed by atoms with Crippen molar-refractivity contribution in [2.75, 3.05) is 17.1 Å². The molecule has 0 fully saturated rings. The maximum Gasteiger partial charge on any atom is 0.244 e. The summed E-state index contributed by atoms with van der Waals surface area (Å²) in [6.07, 6.45) is 2.12. The molecule has 2 atom stereocenters. The molecule has 7 nitrogen and oxygen atoms in total. The minimum absolute atomic E-state index is 0.0591. The number of aryl methyl sites for hydroxylation is 1. The van der Waals surface area contributed by atoms with Gasteiger partial charge in [0.2, 0.25) is 21.8 Å². The lowest BCUT2D eigenvalue weighted by atomic mass is 10.1. The van der Waals surface area contributed by atoms with Crippen molar-refractivity contribution in [3.8, 4) is 0 Å². The third-order valence-electron chi connectivity index (χ3n) is 5.69. The molecule has 0 aliphatic rings. The first-order valence-electron chi connectivity index (χ1n) is 11.5. The molecule has 10 heteroatoms. The quantitative estimate of drug-likeness (QED) is 0.443. The van der Waals surface area contributed by atoms with Gasteiger partial charge in [0.05, 0.1) is 22.0 Å². The number of carbonyl (C=O) groups excluding carboxylic acids is 2. The zero-order valence-electron chi connectivity index (χ0n) is 20.7. The Bertz CT molecular complexity index is 1160. The van der Waals surface area contributed by atoms with Crippen LogP contribution in [0.3, 0.4) is 0 Å². The van der Waals surface area contributed by atoms with E-state index >= 15 is 0 Å². The number of carbonyl (C=O) groups is 2. The Labute approximate surface area is 218 Å². The fraction of sp³-hybridized carbons (Fsp3) is 0.440. The predicted molar refractivity (Wildman–Crippen MR) is 142 cm³/mol. The zero-order chi connectivity index (χ0) is 26.3. The van der Waals surface area contributed by atoms with Crippen molar-refractivity contribution in [3.05, 3.63) is 63.6 Å². The third-order valence-corrected chi connectivity index (χ3v) is 7.57. The van der Waals surface area contributed by atoms with E-state index in [1.54, 1.807) is 0 Å². The maximum atomic E-state index is 13.7. The van der Waals surface area contributed by atoms with Crippen molar-refractivity contribution in [2.24, 2.45) is 0 Å². The highest BCUT2D eigenvalue weighted by atomic mass is 35.5. The van der Waals surface area contributed by atoms with Crippen LogP contribution in [0.2, 0.25) is 10.0 Å². The van der Waals surface area contributed by atoms with E-state index in [1.165, 1.54) is 23.1 Å². The molecule has 0 spiro atoms. The lowest BCUT2D eigenvalue weighted by molar-refractivity contribution is -0.140. The molecule has 35 heavy (non-hydrogen) atoms. The fourth-order valence-corrected chi connectivity index (χ4v) is 4.76. The van der Waals surface area contributed by atoms with Gasteiger partial charge in [-0.25, -0.2) is 8.42 Å². The molecular weight excluding hydrogens is 509 g/mol. The largest absolute Gasteiger partial charge is 0.352 e. The number of nitrogens with one attached hydrogen (secondary N) is 1. The van der Waals surface area contributed by atoms with Crippen LogP contribution in [0.5, 0.6) is 0 Å². The van der Waals surface area contributed by atoms with Crippen LogP contribution < -0.4 is 9.62 Å². The van der Waals surface area contributed by atoms with E-state index in [9.17, 15) is 18.0 Å². The highest BCUT2D eigenvalue weighted by Gasteiger charge is 2.32. The van der Waals surface area contributed by atoms with Crippen molar-refractivity contribution in [2.45, 2.75) is 59.2 Å². The molecular formula is C25H33Cl2N3O4S. The zero-order valence-corrected chi connectivity index (χ0v) is 23.0. The van der Waals surface area contributed by atoms with E-state index in [0.717, 1.165) is 28.1 Å². The van der Waals surface area contributed by atoms with Gasteiger partial charge >= 0.3 is 0 Å². The smallest absolute Gasteiger partial charge is 0.244 e. The van der Waals surface area contributed by atoms with Crippen molar-refractivity contribution in [3.63, 3.8) is 0 Å². The van der Waals surface area contributed by atoms with E-state index in [-0.39, 0.29) is 34.2 Å². The normalized spacial score (nSPS) is 13.1.